The van der Waals surface area contributed by atoms with E-state index in [0.717, 1.165) is 30.1 Å². The summed E-state index contributed by atoms with van der Waals surface area (Å²) in [7, 11) is 0. The summed E-state index contributed by atoms with van der Waals surface area (Å²) in [5, 5.41) is 2.95. The molecule has 0 spiro atoms. The third-order valence-electron chi connectivity index (χ3n) is 3.42. The molecule has 4 heteroatoms. The van der Waals surface area contributed by atoms with Gasteiger partial charge in [0.25, 0.3) is 0 Å². The van der Waals surface area contributed by atoms with Crippen LogP contribution in [0.15, 0.2) is 29.6 Å². The van der Waals surface area contributed by atoms with E-state index in [4.69, 9.17) is 17.3 Å². The van der Waals surface area contributed by atoms with E-state index < -0.39 is 0 Å². The minimum atomic E-state index is 0.555. The zero-order chi connectivity index (χ0) is 12.5. The Morgan fingerprint density at radius 1 is 1.33 bits per heavy atom. The van der Waals surface area contributed by atoms with Gasteiger partial charge in [-0.2, -0.15) is 0 Å². The van der Waals surface area contributed by atoms with Crippen LogP contribution < -0.4 is 10.6 Å². The molecule has 1 aromatic carbocycles. The number of fused-ring (bicyclic) bond motifs is 1. The van der Waals surface area contributed by atoms with Crippen molar-refractivity contribution in [2.45, 2.75) is 19.5 Å². The van der Waals surface area contributed by atoms with Gasteiger partial charge < -0.3 is 10.6 Å². The highest BCUT2D eigenvalue weighted by molar-refractivity contribution is 7.10. The number of halogens is 1. The number of hydrogen-bond donors (Lipinski definition) is 1. The predicted molar refractivity (Wildman–Crippen MR) is 78.4 cm³/mol. The summed E-state index contributed by atoms with van der Waals surface area (Å²) in [6.07, 6.45) is 1.11. The van der Waals surface area contributed by atoms with Crippen LogP contribution in [0.3, 0.4) is 0 Å². The second kappa shape index (κ2) is 4.92. The van der Waals surface area contributed by atoms with E-state index in [2.05, 4.69) is 16.3 Å². The zero-order valence-corrected chi connectivity index (χ0v) is 11.6. The minimum absolute atomic E-state index is 0.555. The van der Waals surface area contributed by atoms with Crippen LogP contribution in [0, 0.1) is 0 Å². The van der Waals surface area contributed by atoms with Crippen molar-refractivity contribution in [1.82, 2.24) is 0 Å². The van der Waals surface area contributed by atoms with Gasteiger partial charge in [-0.15, -0.1) is 11.3 Å². The maximum atomic E-state index is 6.11. The molecule has 0 radical (unpaired) electrons. The van der Waals surface area contributed by atoms with Crippen molar-refractivity contribution in [3.05, 3.63) is 50.7 Å². The zero-order valence-electron chi connectivity index (χ0n) is 10.0. The molecule has 0 amide bonds. The molecule has 2 aromatic rings. The van der Waals surface area contributed by atoms with Crippen LogP contribution in [0.25, 0.3) is 0 Å². The van der Waals surface area contributed by atoms with Gasteiger partial charge in [0, 0.05) is 35.2 Å². The Labute approximate surface area is 116 Å². The fraction of sp³-hybridized carbons (Fsp3) is 0.286. The first-order chi connectivity index (χ1) is 8.78. The van der Waals surface area contributed by atoms with E-state index in [-0.39, 0.29) is 0 Å². The quantitative estimate of drug-likeness (QED) is 0.912. The molecule has 0 unspecified atom stereocenters. The summed E-state index contributed by atoms with van der Waals surface area (Å²) in [6, 6.07) is 8.19. The third kappa shape index (κ3) is 2.14. The average Bonchev–Trinajstić information content (AvgIpc) is 2.85. The van der Waals surface area contributed by atoms with Crippen LogP contribution in [-0.4, -0.2) is 6.54 Å². The van der Waals surface area contributed by atoms with E-state index in [1.54, 1.807) is 0 Å². The first-order valence-corrected chi connectivity index (χ1v) is 7.32. The Bertz CT molecular complexity index is 565. The molecule has 0 bridgehead atoms. The Hall–Kier alpha value is -1.03. The van der Waals surface area contributed by atoms with Crippen LogP contribution >= 0.6 is 22.9 Å². The Balaban J connectivity index is 1.94. The number of nitrogens with two attached hydrogens (primary N) is 1. The molecule has 2 heterocycles. The van der Waals surface area contributed by atoms with Crippen molar-refractivity contribution in [2.24, 2.45) is 5.73 Å². The third-order valence-corrected chi connectivity index (χ3v) is 4.67. The molecular formula is C14H15ClN2S. The molecule has 0 saturated heterocycles. The van der Waals surface area contributed by atoms with Crippen molar-refractivity contribution in [2.75, 3.05) is 11.4 Å². The van der Waals surface area contributed by atoms with Crippen molar-refractivity contribution in [3.8, 4) is 0 Å². The molecular weight excluding hydrogens is 264 g/mol. The van der Waals surface area contributed by atoms with Crippen molar-refractivity contribution >= 4 is 28.6 Å². The molecule has 0 atom stereocenters. The second-order valence-electron chi connectivity index (χ2n) is 4.52. The highest BCUT2D eigenvalue weighted by atomic mass is 35.5. The SMILES string of the molecule is NCc1ccc(Cl)cc1N1CCc2sccc2C1. The van der Waals surface area contributed by atoms with Gasteiger partial charge in [-0.3, -0.25) is 0 Å². The van der Waals surface area contributed by atoms with Crippen molar-refractivity contribution in [3.63, 3.8) is 0 Å². The van der Waals surface area contributed by atoms with E-state index in [1.807, 2.05) is 29.5 Å². The standard InChI is InChI=1S/C14H15ClN2S/c15-12-2-1-10(8-16)13(7-12)17-5-3-14-11(9-17)4-6-18-14/h1-2,4,6-7H,3,5,8-9,16H2. The van der Waals surface area contributed by atoms with E-state index in [1.165, 1.54) is 16.1 Å². The Morgan fingerprint density at radius 2 is 2.22 bits per heavy atom. The van der Waals surface area contributed by atoms with Gasteiger partial charge in [-0.1, -0.05) is 17.7 Å². The van der Waals surface area contributed by atoms with E-state index >= 15 is 0 Å². The van der Waals surface area contributed by atoms with Crippen molar-refractivity contribution in [1.29, 1.82) is 0 Å². The number of hydrogen-bond acceptors (Lipinski definition) is 3. The topological polar surface area (TPSA) is 29.3 Å². The first kappa shape index (κ1) is 12.0. The fourth-order valence-electron chi connectivity index (χ4n) is 2.46. The predicted octanol–water partition coefficient (Wildman–Crippen LogP) is 3.42. The number of anilines is 1. The van der Waals surface area contributed by atoms with Gasteiger partial charge in [0.2, 0.25) is 0 Å². The summed E-state index contributed by atoms with van der Waals surface area (Å²) in [6.45, 7) is 2.56. The van der Waals surface area contributed by atoms with Crippen LogP contribution in [-0.2, 0) is 19.5 Å². The summed E-state index contributed by atoms with van der Waals surface area (Å²) < 4.78 is 0. The van der Waals surface area contributed by atoms with Crippen molar-refractivity contribution < 1.29 is 0 Å². The summed E-state index contributed by atoms with van der Waals surface area (Å²) in [5.74, 6) is 0. The Morgan fingerprint density at radius 3 is 3.06 bits per heavy atom. The van der Waals surface area contributed by atoms with Gasteiger partial charge in [0.15, 0.2) is 0 Å². The average molecular weight is 279 g/mol. The van der Waals surface area contributed by atoms with Gasteiger partial charge >= 0.3 is 0 Å². The maximum absolute atomic E-state index is 6.11. The van der Waals surface area contributed by atoms with Gasteiger partial charge in [-0.25, -0.2) is 0 Å². The monoisotopic (exact) mass is 278 g/mol. The first-order valence-electron chi connectivity index (χ1n) is 6.06. The van der Waals surface area contributed by atoms with Crippen LogP contribution in [0.1, 0.15) is 16.0 Å². The lowest BCUT2D eigenvalue weighted by molar-refractivity contribution is 0.738. The number of nitrogens with zero attached hydrogens (tertiary/aromatic N) is 1. The van der Waals surface area contributed by atoms with Gasteiger partial charge in [0.1, 0.15) is 0 Å². The lowest BCUT2D eigenvalue weighted by Gasteiger charge is -2.30. The number of thiophene rings is 1. The van der Waals surface area contributed by atoms with E-state index in [0.29, 0.717) is 6.54 Å². The lowest BCUT2D eigenvalue weighted by atomic mass is 10.1. The van der Waals surface area contributed by atoms with E-state index in [9.17, 15) is 0 Å². The molecule has 1 aliphatic rings. The summed E-state index contributed by atoms with van der Waals surface area (Å²) >= 11 is 7.96. The maximum Gasteiger partial charge on any atom is 0.0440 e. The molecule has 0 fully saturated rings. The lowest BCUT2D eigenvalue weighted by Crippen LogP contribution is -2.30. The molecule has 1 aromatic heterocycles. The molecule has 2 nitrogen and oxygen atoms in total. The van der Waals surface area contributed by atoms with Crippen LogP contribution in [0.2, 0.25) is 5.02 Å². The number of benzene rings is 1. The largest absolute Gasteiger partial charge is 0.366 e. The van der Waals surface area contributed by atoms with Gasteiger partial charge in [0.05, 0.1) is 0 Å². The minimum Gasteiger partial charge on any atom is -0.366 e. The normalized spacial score (nSPS) is 14.7. The summed E-state index contributed by atoms with van der Waals surface area (Å²) in [5.41, 5.74) is 9.60. The molecule has 3 rings (SSSR count). The van der Waals surface area contributed by atoms with Crippen LogP contribution in [0.4, 0.5) is 5.69 Å². The highest BCUT2D eigenvalue weighted by Crippen LogP contribution is 2.31. The molecule has 0 aliphatic carbocycles. The highest BCUT2D eigenvalue weighted by Gasteiger charge is 2.19. The molecule has 0 saturated carbocycles. The molecule has 18 heavy (non-hydrogen) atoms. The Kier molecular flexibility index (Phi) is 3.29. The molecule has 2 N–H and O–H groups in total. The molecule has 94 valence electrons. The number of rotatable bonds is 2. The van der Waals surface area contributed by atoms with Gasteiger partial charge in [-0.05, 0) is 41.1 Å². The fourth-order valence-corrected chi connectivity index (χ4v) is 3.51. The van der Waals surface area contributed by atoms with Crippen LogP contribution in [0.5, 0.6) is 0 Å². The second-order valence-corrected chi connectivity index (χ2v) is 5.95. The molecule has 1 aliphatic heterocycles. The summed E-state index contributed by atoms with van der Waals surface area (Å²) in [4.78, 5) is 3.89. The smallest absolute Gasteiger partial charge is 0.0440 e.